The molecule has 0 bridgehead atoms. The summed E-state index contributed by atoms with van der Waals surface area (Å²) in [6, 6.07) is 0. The molecule has 0 aromatic rings. The zero-order chi connectivity index (χ0) is 9.65. The van der Waals surface area contributed by atoms with Crippen LogP contribution < -0.4 is 5.73 Å². The molecule has 0 rings (SSSR count). The van der Waals surface area contributed by atoms with Crippen LogP contribution in [0.1, 0.15) is 13.8 Å². The third-order valence-corrected chi connectivity index (χ3v) is 0.569. The van der Waals surface area contributed by atoms with Gasteiger partial charge in [0.1, 0.15) is 0 Å². The van der Waals surface area contributed by atoms with Crippen molar-refractivity contribution in [3.05, 3.63) is 0 Å². The fourth-order valence-corrected chi connectivity index (χ4v) is 0. The van der Waals surface area contributed by atoms with Crippen LogP contribution in [0.3, 0.4) is 0 Å². The number of rotatable bonds is 1. The molecule has 0 spiro atoms. The van der Waals surface area contributed by atoms with E-state index < -0.39 is 10.1 Å². The normalized spacial score (nSPS) is 10.3. The molecule has 0 fully saturated rings. The average Bonchev–Trinajstić information content (AvgIpc) is 1.59. The molecule has 0 heterocycles. The van der Waals surface area contributed by atoms with Crippen molar-refractivity contribution in [1.29, 1.82) is 0 Å². The van der Waals surface area contributed by atoms with E-state index in [4.69, 9.17) is 10.3 Å². The Morgan fingerprint density at radius 1 is 1.45 bits per heavy atom. The van der Waals surface area contributed by atoms with Crippen LogP contribution >= 0.6 is 0 Å². The van der Waals surface area contributed by atoms with Crippen LogP contribution in [-0.2, 0) is 14.9 Å². The molecule has 0 saturated carbocycles. The Hall–Kier alpha value is -0.620. The van der Waals surface area contributed by atoms with Gasteiger partial charge in [-0.2, -0.15) is 8.42 Å². The van der Waals surface area contributed by atoms with Crippen molar-refractivity contribution in [3.8, 4) is 0 Å². The molecule has 6 heteroatoms. The van der Waals surface area contributed by atoms with E-state index >= 15 is 0 Å². The summed E-state index contributed by atoms with van der Waals surface area (Å²) in [7, 11) is -3.67. The second kappa shape index (κ2) is 5.09. The topological polar surface area (TPSA) is 97.5 Å². The van der Waals surface area contributed by atoms with Gasteiger partial charge < -0.3 is 5.73 Å². The molecule has 0 atom stereocenters. The van der Waals surface area contributed by atoms with E-state index in [2.05, 4.69) is 0 Å². The molecule has 0 unspecified atom stereocenters. The molecule has 0 aromatic carbocycles. The van der Waals surface area contributed by atoms with Gasteiger partial charge in [-0.1, -0.05) is 13.8 Å². The van der Waals surface area contributed by atoms with Crippen LogP contribution in [0.15, 0.2) is 0 Å². The van der Waals surface area contributed by atoms with E-state index in [0.29, 0.717) is 6.26 Å². The fraction of sp³-hybridized carbons (Fsp3) is 0.800. The standard InChI is InChI=1S/C4H9NO.CH4O3S/c1-3(2)4(5)6;1-5(2,3)4/h3H,1-2H3,(H2,5,6);1H3,(H,2,3,4). The summed E-state index contributed by atoms with van der Waals surface area (Å²) in [5.41, 5.74) is 4.80. The number of carbonyl (C=O) groups is 1. The predicted octanol–water partition coefficient (Wildman–Crippen LogP) is -0.368. The van der Waals surface area contributed by atoms with Crippen LogP contribution in [0.2, 0.25) is 0 Å². The minimum Gasteiger partial charge on any atom is -0.369 e. The van der Waals surface area contributed by atoms with E-state index in [0.717, 1.165) is 0 Å². The van der Waals surface area contributed by atoms with E-state index in [1.807, 2.05) is 0 Å². The van der Waals surface area contributed by atoms with Gasteiger partial charge in [0.15, 0.2) is 0 Å². The Morgan fingerprint density at radius 3 is 1.55 bits per heavy atom. The molecular weight excluding hydrogens is 170 g/mol. The molecule has 0 radical (unpaired) electrons. The van der Waals surface area contributed by atoms with Gasteiger partial charge in [-0.05, 0) is 0 Å². The van der Waals surface area contributed by atoms with Gasteiger partial charge >= 0.3 is 0 Å². The Kier molecular flexibility index (Phi) is 6.01. The van der Waals surface area contributed by atoms with E-state index in [1.54, 1.807) is 13.8 Å². The van der Waals surface area contributed by atoms with Gasteiger partial charge in [0.05, 0.1) is 6.26 Å². The first-order valence-corrected chi connectivity index (χ1v) is 4.71. The Morgan fingerprint density at radius 2 is 1.55 bits per heavy atom. The van der Waals surface area contributed by atoms with Gasteiger partial charge in [0.2, 0.25) is 5.91 Å². The fourth-order valence-electron chi connectivity index (χ4n) is 0. The van der Waals surface area contributed by atoms with Crippen molar-refractivity contribution in [2.45, 2.75) is 13.8 Å². The number of amides is 1. The molecule has 0 aliphatic heterocycles. The lowest BCUT2D eigenvalue weighted by Gasteiger charge is -1.90. The summed E-state index contributed by atoms with van der Waals surface area (Å²) in [5, 5.41) is 0. The molecule has 11 heavy (non-hydrogen) atoms. The lowest BCUT2D eigenvalue weighted by atomic mass is 10.2. The Labute approximate surface area is 66.3 Å². The highest BCUT2D eigenvalue weighted by molar-refractivity contribution is 7.85. The van der Waals surface area contributed by atoms with Crippen LogP contribution in [0.4, 0.5) is 0 Å². The number of nitrogens with two attached hydrogens (primary N) is 1. The van der Waals surface area contributed by atoms with Crippen molar-refractivity contribution in [2.24, 2.45) is 11.7 Å². The largest absolute Gasteiger partial charge is 0.369 e. The highest BCUT2D eigenvalue weighted by atomic mass is 32.2. The SMILES string of the molecule is CC(C)C(N)=O.CS(=O)(=O)O. The maximum Gasteiger partial charge on any atom is 0.261 e. The quantitative estimate of drug-likeness (QED) is 0.542. The second-order valence-electron chi connectivity index (χ2n) is 2.29. The summed E-state index contributed by atoms with van der Waals surface area (Å²) in [4.78, 5) is 9.92. The first-order chi connectivity index (χ1) is 4.64. The molecule has 68 valence electrons. The highest BCUT2D eigenvalue weighted by Gasteiger charge is 1.96. The molecule has 1 amide bonds. The number of carbonyl (C=O) groups excluding carboxylic acids is 1. The monoisotopic (exact) mass is 183 g/mol. The minimum atomic E-state index is -3.67. The molecule has 0 saturated heterocycles. The zero-order valence-electron chi connectivity index (χ0n) is 6.73. The van der Waals surface area contributed by atoms with Crippen molar-refractivity contribution in [2.75, 3.05) is 6.26 Å². The predicted molar refractivity (Wildman–Crippen MR) is 41.5 cm³/mol. The van der Waals surface area contributed by atoms with Crippen LogP contribution in [0, 0.1) is 5.92 Å². The summed E-state index contributed by atoms with van der Waals surface area (Å²) < 4.78 is 25.9. The molecule has 0 aliphatic carbocycles. The van der Waals surface area contributed by atoms with E-state index in [1.165, 1.54) is 0 Å². The molecule has 0 aromatic heterocycles. The summed E-state index contributed by atoms with van der Waals surface area (Å²) in [6.07, 6.45) is 0.715. The number of hydrogen-bond donors (Lipinski definition) is 2. The Bertz CT molecular complexity index is 199. The van der Waals surface area contributed by atoms with Crippen molar-refractivity contribution in [3.63, 3.8) is 0 Å². The lowest BCUT2D eigenvalue weighted by molar-refractivity contribution is -0.120. The second-order valence-corrected chi connectivity index (χ2v) is 3.76. The maximum atomic E-state index is 9.92. The zero-order valence-corrected chi connectivity index (χ0v) is 7.55. The summed E-state index contributed by atoms with van der Waals surface area (Å²) in [5.74, 6) is -0.250. The number of hydrogen-bond acceptors (Lipinski definition) is 3. The van der Waals surface area contributed by atoms with Crippen LogP contribution in [-0.4, -0.2) is 25.1 Å². The first kappa shape index (κ1) is 13.0. The Balaban J connectivity index is 0. The minimum absolute atomic E-state index is 0.00926. The van der Waals surface area contributed by atoms with Crippen molar-refractivity contribution < 1.29 is 17.8 Å². The smallest absolute Gasteiger partial charge is 0.261 e. The van der Waals surface area contributed by atoms with Gasteiger partial charge in [-0.25, -0.2) is 0 Å². The highest BCUT2D eigenvalue weighted by Crippen LogP contribution is 1.84. The van der Waals surface area contributed by atoms with Gasteiger partial charge in [-0.15, -0.1) is 0 Å². The summed E-state index contributed by atoms with van der Waals surface area (Å²) in [6.45, 7) is 3.53. The lowest BCUT2D eigenvalue weighted by Crippen LogP contribution is -2.17. The molecule has 0 aliphatic rings. The van der Waals surface area contributed by atoms with Crippen LogP contribution in [0.5, 0.6) is 0 Å². The molecular formula is C5H13NO4S. The third kappa shape index (κ3) is 44.7. The van der Waals surface area contributed by atoms with Gasteiger partial charge in [0.25, 0.3) is 10.1 Å². The maximum absolute atomic E-state index is 9.92. The summed E-state index contributed by atoms with van der Waals surface area (Å²) >= 11 is 0. The van der Waals surface area contributed by atoms with Crippen LogP contribution in [0.25, 0.3) is 0 Å². The third-order valence-electron chi connectivity index (χ3n) is 0.569. The molecule has 3 N–H and O–H groups in total. The average molecular weight is 183 g/mol. The van der Waals surface area contributed by atoms with Gasteiger partial charge in [0, 0.05) is 5.92 Å². The van der Waals surface area contributed by atoms with E-state index in [9.17, 15) is 13.2 Å². The van der Waals surface area contributed by atoms with Gasteiger partial charge in [-0.3, -0.25) is 9.35 Å². The van der Waals surface area contributed by atoms with Crippen molar-refractivity contribution in [1.82, 2.24) is 0 Å². The van der Waals surface area contributed by atoms with Crippen molar-refractivity contribution >= 4 is 16.0 Å². The first-order valence-electron chi connectivity index (χ1n) is 2.86. The number of primary amides is 1. The molecule has 5 nitrogen and oxygen atoms in total. The van der Waals surface area contributed by atoms with E-state index in [-0.39, 0.29) is 11.8 Å².